The van der Waals surface area contributed by atoms with Gasteiger partial charge in [0.15, 0.2) is 5.82 Å². The van der Waals surface area contributed by atoms with Crippen molar-refractivity contribution in [3.63, 3.8) is 0 Å². The molecule has 3 aliphatic rings. The highest BCUT2D eigenvalue weighted by Gasteiger charge is 2.42. The van der Waals surface area contributed by atoms with Gasteiger partial charge in [-0.3, -0.25) is 14.6 Å². The van der Waals surface area contributed by atoms with E-state index in [0.717, 1.165) is 37.2 Å². The summed E-state index contributed by atoms with van der Waals surface area (Å²) in [5.41, 5.74) is 3.07. The number of H-pyrrole nitrogens is 1. The van der Waals surface area contributed by atoms with Crippen LogP contribution >= 0.6 is 0 Å². The molecule has 198 valence electrons. The fraction of sp³-hybridized carbons (Fsp3) is 0.429. The summed E-state index contributed by atoms with van der Waals surface area (Å²) < 4.78 is 15.1. The second-order valence-electron chi connectivity index (χ2n) is 10.5. The van der Waals surface area contributed by atoms with Gasteiger partial charge in [-0.2, -0.15) is 0 Å². The lowest BCUT2D eigenvalue weighted by Crippen LogP contribution is -2.56. The summed E-state index contributed by atoms with van der Waals surface area (Å²) in [6.07, 6.45) is 6.83. The number of anilines is 2. The molecule has 3 aliphatic heterocycles. The molecule has 1 aromatic carbocycles. The molecule has 3 fully saturated rings. The van der Waals surface area contributed by atoms with E-state index in [1.807, 2.05) is 24.0 Å². The van der Waals surface area contributed by atoms with Crippen molar-refractivity contribution in [1.29, 1.82) is 0 Å². The molecule has 0 saturated carbocycles. The van der Waals surface area contributed by atoms with E-state index in [9.17, 15) is 9.59 Å². The highest BCUT2D eigenvalue weighted by molar-refractivity contribution is 6.04. The molecular weight excluding hydrogens is 485 g/mol. The van der Waals surface area contributed by atoms with Crippen molar-refractivity contribution in [3.8, 4) is 11.3 Å². The summed E-state index contributed by atoms with van der Waals surface area (Å²) in [6, 6.07) is 9.01. The third kappa shape index (κ3) is 4.64. The second kappa shape index (κ2) is 10.2. The lowest BCUT2D eigenvalue weighted by molar-refractivity contribution is -0.140. The van der Waals surface area contributed by atoms with Crippen LogP contribution in [0, 0.1) is 18.7 Å². The van der Waals surface area contributed by atoms with Crippen LogP contribution in [0.1, 0.15) is 42.0 Å². The summed E-state index contributed by atoms with van der Waals surface area (Å²) >= 11 is 0. The number of piperazine rings is 1. The highest BCUT2D eigenvalue weighted by atomic mass is 19.1. The molecule has 0 spiro atoms. The number of carbonyl (C=O) groups is 2. The maximum Gasteiger partial charge on any atom is 0.291 e. The number of pyridine rings is 1. The van der Waals surface area contributed by atoms with E-state index in [1.54, 1.807) is 24.5 Å². The van der Waals surface area contributed by atoms with Gasteiger partial charge in [-0.05, 0) is 56.9 Å². The average Bonchev–Trinajstić information content (AvgIpc) is 3.51. The molecule has 2 atom stereocenters. The summed E-state index contributed by atoms with van der Waals surface area (Å²) in [4.78, 5) is 42.0. The maximum absolute atomic E-state index is 15.1. The third-order valence-electron chi connectivity index (χ3n) is 8.02. The predicted octanol–water partition coefficient (Wildman–Crippen LogP) is 3.35. The number of carbonyl (C=O) groups excluding carboxylic acids is 2. The van der Waals surface area contributed by atoms with Crippen molar-refractivity contribution < 1.29 is 14.0 Å². The SMILES string of the molecule is Cc1cc(-c2c[nH]c(C(=O)Nc3cccc(F)c3N3CCC(C(=O)N4C5CCC4CNC5)CC3)n2)ccn1. The number of piperidine rings is 1. The zero-order chi connectivity index (χ0) is 26.2. The number of para-hydroxylation sites is 1. The quantitative estimate of drug-likeness (QED) is 0.479. The number of nitrogens with zero attached hydrogens (tertiary/aromatic N) is 4. The number of aryl methyl sites for hydroxylation is 1. The van der Waals surface area contributed by atoms with Crippen LogP contribution in [0.15, 0.2) is 42.7 Å². The Morgan fingerprint density at radius 3 is 2.58 bits per heavy atom. The molecule has 2 amide bonds. The Hall–Kier alpha value is -3.79. The summed E-state index contributed by atoms with van der Waals surface area (Å²) in [5.74, 6) is -0.512. The fourth-order valence-electron chi connectivity index (χ4n) is 6.11. The van der Waals surface area contributed by atoms with Crippen LogP contribution in [0.3, 0.4) is 0 Å². The Kier molecular flexibility index (Phi) is 6.57. The Balaban J connectivity index is 1.14. The smallest absolute Gasteiger partial charge is 0.291 e. The van der Waals surface area contributed by atoms with E-state index >= 15 is 4.39 Å². The average molecular weight is 518 g/mol. The van der Waals surface area contributed by atoms with Crippen LogP contribution in [0.2, 0.25) is 0 Å². The first kappa shape index (κ1) is 24.5. The van der Waals surface area contributed by atoms with Gasteiger partial charge in [0.1, 0.15) is 5.82 Å². The van der Waals surface area contributed by atoms with Gasteiger partial charge in [-0.1, -0.05) is 6.07 Å². The lowest BCUT2D eigenvalue weighted by atomic mass is 9.93. The van der Waals surface area contributed by atoms with E-state index in [2.05, 4.69) is 30.5 Å². The fourth-order valence-corrected chi connectivity index (χ4v) is 6.11. The second-order valence-corrected chi connectivity index (χ2v) is 10.5. The molecule has 2 unspecified atom stereocenters. The van der Waals surface area contributed by atoms with Crippen LogP contribution in [0.5, 0.6) is 0 Å². The van der Waals surface area contributed by atoms with Gasteiger partial charge in [-0.15, -0.1) is 0 Å². The van der Waals surface area contributed by atoms with Gasteiger partial charge in [0.25, 0.3) is 5.91 Å². The molecule has 38 heavy (non-hydrogen) atoms. The van der Waals surface area contributed by atoms with Gasteiger partial charge < -0.3 is 25.4 Å². The van der Waals surface area contributed by atoms with E-state index in [0.29, 0.717) is 55.1 Å². The van der Waals surface area contributed by atoms with Crippen molar-refractivity contribution in [3.05, 3.63) is 60.1 Å². The van der Waals surface area contributed by atoms with Crippen molar-refractivity contribution >= 4 is 23.2 Å². The first-order valence-corrected chi connectivity index (χ1v) is 13.3. The zero-order valence-corrected chi connectivity index (χ0v) is 21.4. The standard InChI is InChI=1S/C28H32FN7O2/c1-17-13-19(7-10-31-17)24-16-32-26(33-24)27(37)34-23-4-2-3-22(29)25(23)35-11-8-18(9-12-35)28(38)36-20-5-6-21(36)15-30-14-20/h2-4,7,10,13,16,18,20-21,30H,5-6,8-9,11-12,14-15H2,1H3,(H,32,33)(H,34,37). The molecule has 10 heteroatoms. The summed E-state index contributed by atoms with van der Waals surface area (Å²) in [7, 11) is 0. The molecule has 2 bridgehead atoms. The minimum atomic E-state index is -0.451. The number of benzene rings is 1. The van der Waals surface area contributed by atoms with Gasteiger partial charge in [-0.25, -0.2) is 9.37 Å². The van der Waals surface area contributed by atoms with E-state index in [1.165, 1.54) is 6.07 Å². The van der Waals surface area contributed by atoms with Gasteiger partial charge in [0, 0.05) is 67.8 Å². The molecule has 6 rings (SSSR count). The number of aromatic amines is 1. The molecule has 3 N–H and O–H groups in total. The Morgan fingerprint density at radius 2 is 1.84 bits per heavy atom. The van der Waals surface area contributed by atoms with Gasteiger partial charge in [0.2, 0.25) is 5.91 Å². The summed E-state index contributed by atoms with van der Waals surface area (Å²) in [6.45, 7) is 4.74. The largest absolute Gasteiger partial charge is 0.367 e. The number of rotatable bonds is 5. The van der Waals surface area contributed by atoms with Gasteiger partial charge >= 0.3 is 0 Å². The molecule has 3 aromatic rings. The zero-order valence-electron chi connectivity index (χ0n) is 21.4. The number of hydrogen-bond donors (Lipinski definition) is 3. The molecule has 0 aliphatic carbocycles. The van der Waals surface area contributed by atoms with Crippen LogP contribution in [0.4, 0.5) is 15.8 Å². The Bertz CT molecular complexity index is 1330. The van der Waals surface area contributed by atoms with Crippen LogP contribution in [0.25, 0.3) is 11.3 Å². The normalized spacial score (nSPS) is 21.5. The van der Waals surface area contributed by atoms with E-state index in [4.69, 9.17) is 0 Å². The number of imidazole rings is 1. The maximum atomic E-state index is 15.1. The minimum absolute atomic E-state index is 0.0457. The molecule has 3 saturated heterocycles. The van der Waals surface area contributed by atoms with E-state index in [-0.39, 0.29) is 17.6 Å². The Morgan fingerprint density at radius 1 is 1.08 bits per heavy atom. The van der Waals surface area contributed by atoms with Crippen molar-refractivity contribution in [1.82, 2.24) is 25.2 Å². The molecular formula is C28H32FN7O2. The number of nitrogens with one attached hydrogen (secondary N) is 3. The number of aromatic nitrogens is 3. The molecule has 2 aromatic heterocycles. The predicted molar refractivity (Wildman–Crippen MR) is 142 cm³/mol. The highest BCUT2D eigenvalue weighted by Crippen LogP contribution is 2.35. The monoisotopic (exact) mass is 517 g/mol. The molecule has 5 heterocycles. The van der Waals surface area contributed by atoms with Crippen LogP contribution in [-0.4, -0.2) is 69.9 Å². The van der Waals surface area contributed by atoms with Crippen molar-refractivity contribution in [2.24, 2.45) is 5.92 Å². The topological polar surface area (TPSA) is 106 Å². The number of amides is 2. The third-order valence-corrected chi connectivity index (χ3v) is 8.02. The summed E-state index contributed by atoms with van der Waals surface area (Å²) in [5, 5.41) is 6.27. The number of hydrogen-bond acceptors (Lipinski definition) is 6. The van der Waals surface area contributed by atoms with Gasteiger partial charge in [0.05, 0.1) is 17.1 Å². The number of halogens is 1. The minimum Gasteiger partial charge on any atom is -0.367 e. The Labute approximate surface area is 220 Å². The lowest BCUT2D eigenvalue weighted by Gasteiger charge is -2.40. The molecule has 0 radical (unpaired) electrons. The van der Waals surface area contributed by atoms with Crippen molar-refractivity contribution in [2.75, 3.05) is 36.4 Å². The first-order valence-electron chi connectivity index (χ1n) is 13.3. The first-order chi connectivity index (χ1) is 18.5. The van der Waals surface area contributed by atoms with E-state index < -0.39 is 11.7 Å². The molecule has 9 nitrogen and oxygen atoms in total. The number of fused-ring (bicyclic) bond motifs is 2. The van der Waals surface area contributed by atoms with Crippen LogP contribution < -0.4 is 15.5 Å². The van der Waals surface area contributed by atoms with Crippen molar-refractivity contribution in [2.45, 2.75) is 44.7 Å². The van der Waals surface area contributed by atoms with Crippen LogP contribution in [-0.2, 0) is 4.79 Å².